The van der Waals surface area contributed by atoms with Crippen LogP contribution in [0.25, 0.3) is 0 Å². The lowest BCUT2D eigenvalue weighted by Gasteiger charge is -2.32. The highest BCUT2D eigenvalue weighted by Crippen LogP contribution is 2.38. The first-order valence-electron chi connectivity index (χ1n) is 9.97. The third kappa shape index (κ3) is 4.96. The van der Waals surface area contributed by atoms with E-state index in [0.717, 1.165) is 24.2 Å². The predicted molar refractivity (Wildman–Crippen MR) is 101 cm³/mol. The van der Waals surface area contributed by atoms with E-state index in [4.69, 9.17) is 0 Å². The summed E-state index contributed by atoms with van der Waals surface area (Å²) in [6, 6.07) is 9.36. The molecule has 2 saturated carbocycles. The van der Waals surface area contributed by atoms with E-state index < -0.39 is 0 Å². The molecule has 2 fully saturated rings. The van der Waals surface area contributed by atoms with E-state index in [1.165, 1.54) is 75.3 Å². The Morgan fingerprint density at radius 1 is 0.783 bits per heavy atom. The average molecular weight is 311 g/mol. The Morgan fingerprint density at radius 2 is 1.30 bits per heavy atom. The molecule has 2 aliphatic carbocycles. The van der Waals surface area contributed by atoms with Crippen LogP contribution in [-0.2, 0) is 12.8 Å². The summed E-state index contributed by atoms with van der Waals surface area (Å²) in [7, 11) is 0. The summed E-state index contributed by atoms with van der Waals surface area (Å²) in [4.78, 5) is 0. The molecule has 0 heterocycles. The van der Waals surface area contributed by atoms with Crippen molar-refractivity contribution in [3.8, 4) is 0 Å². The standard InChI is InChI=1S/C23H34/c1-3-19-8-10-21(11-9-19)17-23-14-12-22(13-15-23)16-20-6-4-18(2)5-7-20/h8-11,20,22-23H,2-7,12-17H2,1H3. The van der Waals surface area contributed by atoms with E-state index >= 15 is 0 Å². The summed E-state index contributed by atoms with van der Waals surface area (Å²) in [6.07, 6.45) is 15.3. The lowest BCUT2D eigenvalue weighted by Crippen LogP contribution is -2.20. The van der Waals surface area contributed by atoms with Gasteiger partial charge in [-0.1, -0.05) is 56.2 Å². The van der Waals surface area contributed by atoms with Gasteiger partial charge in [0.05, 0.1) is 0 Å². The monoisotopic (exact) mass is 310 g/mol. The van der Waals surface area contributed by atoms with Crippen LogP contribution in [0.3, 0.4) is 0 Å². The molecule has 0 bridgehead atoms. The van der Waals surface area contributed by atoms with Crippen molar-refractivity contribution < 1.29 is 0 Å². The first-order chi connectivity index (χ1) is 11.2. The Labute approximate surface area is 143 Å². The molecule has 0 nitrogen and oxygen atoms in total. The molecule has 0 aromatic heterocycles. The molecule has 0 atom stereocenters. The number of allylic oxidation sites excluding steroid dienone is 1. The molecule has 1 aromatic carbocycles. The van der Waals surface area contributed by atoms with Crippen molar-refractivity contribution in [2.45, 2.75) is 77.6 Å². The van der Waals surface area contributed by atoms with Crippen molar-refractivity contribution in [1.29, 1.82) is 0 Å². The predicted octanol–water partition coefficient (Wildman–Crippen LogP) is 6.73. The van der Waals surface area contributed by atoms with Gasteiger partial charge in [-0.2, -0.15) is 0 Å². The van der Waals surface area contributed by atoms with Gasteiger partial charge in [-0.25, -0.2) is 0 Å². The molecule has 0 aliphatic heterocycles. The van der Waals surface area contributed by atoms with Crippen LogP contribution in [0.15, 0.2) is 36.4 Å². The molecule has 1 aromatic rings. The highest BCUT2D eigenvalue weighted by atomic mass is 14.3. The van der Waals surface area contributed by atoms with Crippen LogP contribution in [0.5, 0.6) is 0 Å². The maximum atomic E-state index is 4.16. The molecule has 0 amide bonds. The molecule has 0 heteroatoms. The SMILES string of the molecule is C=C1CCC(CC2CCC(Cc3ccc(CC)cc3)CC2)CC1. The second-order valence-corrected chi connectivity index (χ2v) is 8.19. The molecule has 3 rings (SSSR count). The fourth-order valence-electron chi connectivity index (χ4n) is 4.71. The molecule has 126 valence electrons. The molecule has 2 aliphatic rings. The summed E-state index contributed by atoms with van der Waals surface area (Å²) in [5.74, 6) is 2.96. The summed E-state index contributed by atoms with van der Waals surface area (Å²) in [5.41, 5.74) is 4.52. The third-order valence-electron chi connectivity index (χ3n) is 6.40. The van der Waals surface area contributed by atoms with Crippen molar-refractivity contribution in [2.24, 2.45) is 17.8 Å². The topological polar surface area (TPSA) is 0 Å². The number of rotatable bonds is 5. The summed E-state index contributed by atoms with van der Waals surface area (Å²) in [5, 5.41) is 0. The van der Waals surface area contributed by atoms with Crippen LogP contribution in [0.4, 0.5) is 0 Å². The number of aryl methyl sites for hydroxylation is 1. The Kier molecular flexibility index (Phi) is 5.97. The minimum Gasteiger partial charge on any atom is -0.0999 e. The molecule has 0 radical (unpaired) electrons. The molecular formula is C23H34. The quantitative estimate of drug-likeness (QED) is 0.529. The highest BCUT2D eigenvalue weighted by Gasteiger charge is 2.25. The summed E-state index contributed by atoms with van der Waals surface area (Å²) < 4.78 is 0. The second-order valence-electron chi connectivity index (χ2n) is 8.19. The van der Waals surface area contributed by atoms with E-state index in [1.54, 1.807) is 5.56 Å². The molecule has 0 N–H and O–H groups in total. The largest absolute Gasteiger partial charge is 0.0999 e. The van der Waals surface area contributed by atoms with Crippen LogP contribution in [0.2, 0.25) is 0 Å². The van der Waals surface area contributed by atoms with Gasteiger partial charge in [-0.3, -0.25) is 0 Å². The fourth-order valence-corrected chi connectivity index (χ4v) is 4.71. The maximum absolute atomic E-state index is 4.16. The Bertz CT molecular complexity index is 477. The number of hydrogen-bond acceptors (Lipinski definition) is 0. The van der Waals surface area contributed by atoms with Crippen LogP contribution >= 0.6 is 0 Å². The van der Waals surface area contributed by atoms with E-state index in [-0.39, 0.29) is 0 Å². The lowest BCUT2D eigenvalue weighted by molar-refractivity contribution is 0.219. The first-order valence-corrected chi connectivity index (χ1v) is 9.97. The second kappa shape index (κ2) is 8.18. The number of hydrogen-bond donors (Lipinski definition) is 0. The van der Waals surface area contributed by atoms with E-state index in [9.17, 15) is 0 Å². The van der Waals surface area contributed by atoms with Gasteiger partial charge in [0.15, 0.2) is 0 Å². The molecule has 0 unspecified atom stereocenters. The Morgan fingerprint density at radius 3 is 1.91 bits per heavy atom. The smallest absolute Gasteiger partial charge is 0.0250 e. The van der Waals surface area contributed by atoms with Gasteiger partial charge in [-0.15, -0.1) is 0 Å². The zero-order valence-electron chi connectivity index (χ0n) is 15.0. The summed E-state index contributed by atoms with van der Waals surface area (Å²) in [6.45, 7) is 6.39. The van der Waals surface area contributed by atoms with Crippen molar-refractivity contribution in [3.63, 3.8) is 0 Å². The molecule has 23 heavy (non-hydrogen) atoms. The van der Waals surface area contributed by atoms with Crippen molar-refractivity contribution >= 4 is 0 Å². The van der Waals surface area contributed by atoms with Gasteiger partial charge < -0.3 is 0 Å². The minimum atomic E-state index is 0.935. The lowest BCUT2D eigenvalue weighted by atomic mass is 9.73. The van der Waals surface area contributed by atoms with E-state index in [0.29, 0.717) is 0 Å². The normalized spacial score (nSPS) is 26.4. The van der Waals surface area contributed by atoms with Gasteiger partial charge in [0.25, 0.3) is 0 Å². The zero-order chi connectivity index (χ0) is 16.1. The molecule has 0 saturated heterocycles. The van der Waals surface area contributed by atoms with Crippen LogP contribution in [0.1, 0.15) is 75.8 Å². The van der Waals surface area contributed by atoms with Crippen molar-refractivity contribution in [1.82, 2.24) is 0 Å². The van der Waals surface area contributed by atoms with E-state index in [1.807, 2.05) is 0 Å². The molecular weight excluding hydrogens is 276 g/mol. The minimum absolute atomic E-state index is 0.935. The van der Waals surface area contributed by atoms with Gasteiger partial charge >= 0.3 is 0 Å². The zero-order valence-corrected chi connectivity index (χ0v) is 15.0. The van der Waals surface area contributed by atoms with Gasteiger partial charge in [0.1, 0.15) is 0 Å². The van der Waals surface area contributed by atoms with Crippen LogP contribution in [-0.4, -0.2) is 0 Å². The fraction of sp³-hybridized carbons (Fsp3) is 0.652. The van der Waals surface area contributed by atoms with E-state index in [2.05, 4.69) is 37.8 Å². The van der Waals surface area contributed by atoms with Gasteiger partial charge in [0, 0.05) is 0 Å². The van der Waals surface area contributed by atoms with Crippen molar-refractivity contribution in [3.05, 3.63) is 47.5 Å². The van der Waals surface area contributed by atoms with Gasteiger partial charge in [0.2, 0.25) is 0 Å². The Hall–Kier alpha value is -1.04. The third-order valence-corrected chi connectivity index (χ3v) is 6.40. The summed E-state index contributed by atoms with van der Waals surface area (Å²) >= 11 is 0. The van der Waals surface area contributed by atoms with Crippen LogP contribution < -0.4 is 0 Å². The van der Waals surface area contributed by atoms with Crippen molar-refractivity contribution in [2.75, 3.05) is 0 Å². The first kappa shape index (κ1) is 16.8. The highest BCUT2D eigenvalue weighted by molar-refractivity contribution is 5.22. The average Bonchev–Trinajstić information content (AvgIpc) is 2.59. The maximum Gasteiger partial charge on any atom is -0.0250 e. The Balaban J connectivity index is 1.40. The molecule has 0 spiro atoms. The van der Waals surface area contributed by atoms with Gasteiger partial charge in [-0.05, 0) is 86.7 Å². The van der Waals surface area contributed by atoms with Crippen LogP contribution in [0, 0.1) is 17.8 Å². The number of benzene rings is 1.